The van der Waals surface area contributed by atoms with E-state index in [2.05, 4.69) is 10.2 Å². The Hall–Kier alpha value is -2.73. The maximum atomic E-state index is 11.1. The van der Waals surface area contributed by atoms with Crippen molar-refractivity contribution in [3.05, 3.63) is 54.5 Å². The molecule has 1 atom stereocenters. The molecular formula is C15H13N3O3. The van der Waals surface area contributed by atoms with Crippen molar-refractivity contribution in [3.63, 3.8) is 0 Å². The summed E-state index contributed by atoms with van der Waals surface area (Å²) in [6.45, 7) is 0. The number of rotatable bonds is 4. The van der Waals surface area contributed by atoms with Gasteiger partial charge in [0, 0.05) is 13.3 Å². The van der Waals surface area contributed by atoms with Gasteiger partial charge in [0.1, 0.15) is 6.33 Å². The molecule has 0 radical (unpaired) electrons. The molecule has 0 aliphatic heterocycles. The number of aliphatic carboxylic acids is 1. The summed E-state index contributed by atoms with van der Waals surface area (Å²) in [5.74, 6) is -1.00. The number of carboxylic acids is 1. The summed E-state index contributed by atoms with van der Waals surface area (Å²) in [7, 11) is 1.38. The van der Waals surface area contributed by atoms with Crippen LogP contribution in [0.1, 0.15) is 11.7 Å². The largest absolute Gasteiger partial charge is 0.479 e. The van der Waals surface area contributed by atoms with Crippen LogP contribution in [-0.2, 0) is 9.53 Å². The summed E-state index contributed by atoms with van der Waals surface area (Å²) in [5.41, 5.74) is 3.37. The van der Waals surface area contributed by atoms with Gasteiger partial charge in [-0.15, -0.1) is 10.2 Å². The van der Waals surface area contributed by atoms with Gasteiger partial charge in [0.05, 0.1) is 0 Å². The SMILES string of the molecule is COC(C(=O)O)c1ccc(-c2ccc3nncn3c2)cc1. The molecule has 3 rings (SSSR count). The molecule has 2 aromatic heterocycles. The number of nitrogens with zero attached hydrogens (tertiary/aromatic N) is 3. The highest BCUT2D eigenvalue weighted by molar-refractivity contribution is 5.75. The second-order valence-electron chi connectivity index (χ2n) is 4.59. The summed E-state index contributed by atoms with van der Waals surface area (Å²) >= 11 is 0. The number of hydrogen-bond acceptors (Lipinski definition) is 4. The Kier molecular flexibility index (Phi) is 3.37. The molecule has 0 bridgehead atoms. The molecule has 0 amide bonds. The van der Waals surface area contributed by atoms with Gasteiger partial charge < -0.3 is 9.84 Å². The maximum Gasteiger partial charge on any atom is 0.337 e. The number of hydrogen-bond donors (Lipinski definition) is 1. The molecule has 106 valence electrons. The predicted octanol–water partition coefficient (Wildman–Crippen LogP) is 2.17. The number of carbonyl (C=O) groups is 1. The van der Waals surface area contributed by atoms with E-state index in [1.165, 1.54) is 7.11 Å². The molecular weight excluding hydrogens is 270 g/mol. The Balaban J connectivity index is 1.94. The first-order valence-electron chi connectivity index (χ1n) is 6.34. The third-order valence-electron chi connectivity index (χ3n) is 3.30. The van der Waals surface area contributed by atoms with Crippen LogP contribution in [0.3, 0.4) is 0 Å². The molecule has 1 N–H and O–H groups in total. The molecule has 6 nitrogen and oxygen atoms in total. The summed E-state index contributed by atoms with van der Waals surface area (Å²) in [5, 5.41) is 16.9. The second-order valence-corrected chi connectivity index (χ2v) is 4.59. The second kappa shape index (κ2) is 5.34. The molecule has 0 aliphatic rings. The van der Waals surface area contributed by atoms with Crippen LogP contribution in [0.4, 0.5) is 0 Å². The third-order valence-corrected chi connectivity index (χ3v) is 3.30. The number of pyridine rings is 1. The normalized spacial score (nSPS) is 12.4. The standard InChI is InChI=1S/C15H13N3O3/c1-21-14(15(19)20)11-4-2-10(3-5-11)12-6-7-13-17-16-9-18(13)8-12/h2-9,14H,1H3,(H,19,20). The minimum Gasteiger partial charge on any atom is -0.479 e. The zero-order chi connectivity index (χ0) is 14.8. The quantitative estimate of drug-likeness (QED) is 0.794. The lowest BCUT2D eigenvalue weighted by Crippen LogP contribution is -2.13. The molecule has 1 aromatic carbocycles. The van der Waals surface area contributed by atoms with Crippen LogP contribution in [0.25, 0.3) is 16.8 Å². The first-order chi connectivity index (χ1) is 10.2. The smallest absolute Gasteiger partial charge is 0.337 e. The fraction of sp³-hybridized carbons (Fsp3) is 0.133. The minimum atomic E-state index is -1.00. The minimum absolute atomic E-state index is 0.610. The highest BCUT2D eigenvalue weighted by Gasteiger charge is 2.18. The highest BCUT2D eigenvalue weighted by Crippen LogP contribution is 2.23. The lowest BCUT2D eigenvalue weighted by Gasteiger charge is -2.11. The van der Waals surface area contributed by atoms with E-state index in [0.29, 0.717) is 5.56 Å². The van der Waals surface area contributed by atoms with E-state index in [1.807, 2.05) is 34.9 Å². The van der Waals surface area contributed by atoms with Gasteiger partial charge >= 0.3 is 5.97 Å². The molecule has 2 heterocycles. The number of methoxy groups -OCH3 is 1. The third kappa shape index (κ3) is 2.48. The fourth-order valence-corrected chi connectivity index (χ4v) is 2.23. The fourth-order valence-electron chi connectivity index (χ4n) is 2.23. The predicted molar refractivity (Wildman–Crippen MR) is 75.8 cm³/mol. The first-order valence-corrected chi connectivity index (χ1v) is 6.34. The van der Waals surface area contributed by atoms with Gasteiger partial charge in [0.25, 0.3) is 0 Å². The van der Waals surface area contributed by atoms with Crippen molar-refractivity contribution >= 4 is 11.6 Å². The highest BCUT2D eigenvalue weighted by atomic mass is 16.5. The summed E-state index contributed by atoms with van der Waals surface area (Å²) in [6.07, 6.45) is 2.62. The van der Waals surface area contributed by atoms with Crippen molar-refractivity contribution in [1.29, 1.82) is 0 Å². The topological polar surface area (TPSA) is 76.7 Å². The van der Waals surface area contributed by atoms with Gasteiger partial charge in [-0.2, -0.15) is 0 Å². The molecule has 3 aromatic rings. The van der Waals surface area contributed by atoms with Crippen LogP contribution < -0.4 is 0 Å². The van der Waals surface area contributed by atoms with Crippen LogP contribution in [0.5, 0.6) is 0 Å². The molecule has 6 heteroatoms. The monoisotopic (exact) mass is 283 g/mol. The average molecular weight is 283 g/mol. The number of carboxylic acid groups (broad SMARTS) is 1. The Morgan fingerprint density at radius 2 is 1.90 bits per heavy atom. The van der Waals surface area contributed by atoms with Crippen molar-refractivity contribution in [1.82, 2.24) is 14.6 Å². The van der Waals surface area contributed by atoms with Crippen molar-refractivity contribution in [2.24, 2.45) is 0 Å². The van der Waals surface area contributed by atoms with E-state index in [4.69, 9.17) is 9.84 Å². The van der Waals surface area contributed by atoms with Crippen molar-refractivity contribution < 1.29 is 14.6 Å². The van der Waals surface area contributed by atoms with E-state index in [0.717, 1.165) is 16.8 Å². The van der Waals surface area contributed by atoms with Gasteiger partial charge in [0.15, 0.2) is 11.8 Å². The number of fused-ring (bicyclic) bond motifs is 1. The molecule has 21 heavy (non-hydrogen) atoms. The van der Waals surface area contributed by atoms with Crippen LogP contribution in [0.15, 0.2) is 48.9 Å². The zero-order valence-corrected chi connectivity index (χ0v) is 11.3. The molecule has 0 aliphatic carbocycles. The van der Waals surface area contributed by atoms with Gasteiger partial charge in [-0.1, -0.05) is 24.3 Å². The number of benzene rings is 1. The molecule has 0 saturated carbocycles. The van der Waals surface area contributed by atoms with Crippen molar-refractivity contribution in [2.45, 2.75) is 6.10 Å². The Labute approximate surface area is 120 Å². The number of ether oxygens (including phenoxy) is 1. The maximum absolute atomic E-state index is 11.1. The van der Waals surface area contributed by atoms with E-state index < -0.39 is 12.1 Å². The van der Waals surface area contributed by atoms with Crippen LogP contribution in [0, 0.1) is 0 Å². The molecule has 0 fully saturated rings. The van der Waals surface area contributed by atoms with E-state index >= 15 is 0 Å². The van der Waals surface area contributed by atoms with Crippen molar-refractivity contribution in [2.75, 3.05) is 7.11 Å². The number of aromatic nitrogens is 3. The van der Waals surface area contributed by atoms with Gasteiger partial charge in [-0.25, -0.2) is 4.79 Å². The summed E-state index contributed by atoms with van der Waals surface area (Å²) in [6, 6.07) is 11.1. The van der Waals surface area contributed by atoms with Crippen LogP contribution in [-0.4, -0.2) is 32.8 Å². The van der Waals surface area contributed by atoms with Crippen molar-refractivity contribution in [3.8, 4) is 11.1 Å². The van der Waals surface area contributed by atoms with Gasteiger partial charge in [-0.3, -0.25) is 4.40 Å². The summed E-state index contributed by atoms with van der Waals surface area (Å²) in [4.78, 5) is 11.1. The Morgan fingerprint density at radius 1 is 1.19 bits per heavy atom. The lowest BCUT2D eigenvalue weighted by molar-refractivity contribution is -0.148. The average Bonchev–Trinajstić information content (AvgIpc) is 2.95. The lowest BCUT2D eigenvalue weighted by atomic mass is 10.0. The van der Waals surface area contributed by atoms with Crippen LogP contribution >= 0.6 is 0 Å². The van der Waals surface area contributed by atoms with Gasteiger partial charge in [0.2, 0.25) is 0 Å². The Bertz CT molecular complexity index is 780. The molecule has 0 spiro atoms. The van der Waals surface area contributed by atoms with Gasteiger partial charge in [-0.05, 0) is 28.8 Å². The van der Waals surface area contributed by atoms with E-state index in [-0.39, 0.29) is 0 Å². The molecule has 1 unspecified atom stereocenters. The molecule has 0 saturated heterocycles. The summed E-state index contributed by atoms with van der Waals surface area (Å²) < 4.78 is 6.80. The van der Waals surface area contributed by atoms with Crippen LogP contribution in [0.2, 0.25) is 0 Å². The van der Waals surface area contributed by atoms with E-state index in [9.17, 15) is 4.79 Å². The van der Waals surface area contributed by atoms with E-state index in [1.54, 1.807) is 18.5 Å². The first kappa shape index (κ1) is 13.3. The Morgan fingerprint density at radius 3 is 2.57 bits per heavy atom. The zero-order valence-electron chi connectivity index (χ0n) is 11.3.